The Balaban J connectivity index is 1.74. The van der Waals surface area contributed by atoms with E-state index >= 15 is 0 Å². The lowest BCUT2D eigenvalue weighted by Crippen LogP contribution is -2.42. The number of nitrogens with zero attached hydrogens (tertiary/aromatic N) is 5. The number of amides is 1. The second-order valence-corrected chi connectivity index (χ2v) is 8.66. The third-order valence-electron chi connectivity index (χ3n) is 5.85. The Bertz CT molecular complexity index is 1070. The molecule has 4 rings (SSSR count). The van der Waals surface area contributed by atoms with Gasteiger partial charge < -0.3 is 15.1 Å². The largest absolute Gasteiger partial charge is 0.338 e. The Kier molecular flexibility index (Phi) is 6.34. The minimum Gasteiger partial charge on any atom is -0.338 e. The van der Waals surface area contributed by atoms with E-state index in [-0.39, 0.29) is 11.9 Å². The second-order valence-electron chi connectivity index (χ2n) is 8.66. The lowest BCUT2D eigenvalue weighted by molar-refractivity contribution is 0.0654. The molecule has 1 fully saturated rings. The molecule has 1 aromatic carbocycles. The Morgan fingerprint density at radius 2 is 2.06 bits per heavy atom. The molecule has 0 aliphatic carbocycles. The molecule has 31 heavy (non-hydrogen) atoms. The number of likely N-dealkylation sites (N-methyl/N-ethyl adjacent to an activating group) is 2. The second kappa shape index (κ2) is 9.16. The van der Waals surface area contributed by atoms with Crippen LogP contribution in [0.25, 0.3) is 22.3 Å². The molecular weight excluding hydrogens is 388 g/mol. The summed E-state index contributed by atoms with van der Waals surface area (Å²) in [6.45, 7) is 8.61. The van der Waals surface area contributed by atoms with Crippen LogP contribution >= 0.6 is 0 Å². The first-order valence-corrected chi connectivity index (χ1v) is 11.1. The average molecular weight is 421 g/mol. The monoisotopic (exact) mass is 420 g/mol. The van der Waals surface area contributed by atoms with Crippen molar-refractivity contribution in [3.63, 3.8) is 0 Å². The highest BCUT2D eigenvalue weighted by Crippen LogP contribution is 2.28. The summed E-state index contributed by atoms with van der Waals surface area (Å²) >= 11 is 0. The molecule has 3 aromatic rings. The molecule has 1 aliphatic heterocycles. The first kappa shape index (κ1) is 21.5. The number of fused-ring (bicyclic) bond motifs is 1. The number of carbonyl (C=O) groups is 1. The minimum absolute atomic E-state index is 0.0751. The third kappa shape index (κ3) is 4.48. The molecule has 3 heterocycles. The number of pyridine rings is 1. The molecule has 7 heteroatoms. The van der Waals surface area contributed by atoms with Crippen molar-refractivity contribution in [1.82, 2.24) is 29.9 Å². The van der Waals surface area contributed by atoms with E-state index in [2.05, 4.69) is 60.5 Å². The van der Waals surface area contributed by atoms with Crippen LogP contribution in [0.3, 0.4) is 0 Å². The van der Waals surface area contributed by atoms with E-state index in [1.807, 2.05) is 22.7 Å². The molecule has 7 nitrogen and oxygen atoms in total. The zero-order chi connectivity index (χ0) is 22.0. The molecule has 0 atom stereocenters. The summed E-state index contributed by atoms with van der Waals surface area (Å²) in [4.78, 5) is 22.3. The summed E-state index contributed by atoms with van der Waals surface area (Å²) in [5.74, 6) is 0.0751. The summed E-state index contributed by atoms with van der Waals surface area (Å²) in [7, 11) is 4.09. The van der Waals surface area contributed by atoms with Crippen molar-refractivity contribution < 1.29 is 4.79 Å². The molecule has 1 amide bonds. The molecule has 164 valence electrons. The fraction of sp³-hybridized carbons (Fsp3) is 0.458. The highest BCUT2D eigenvalue weighted by Gasteiger charge is 2.26. The van der Waals surface area contributed by atoms with E-state index in [9.17, 15) is 4.79 Å². The normalized spacial score (nSPS) is 13.9. The van der Waals surface area contributed by atoms with Gasteiger partial charge in [-0.05, 0) is 52.1 Å². The third-order valence-corrected chi connectivity index (χ3v) is 5.85. The zero-order valence-corrected chi connectivity index (χ0v) is 18.9. The van der Waals surface area contributed by atoms with E-state index in [0.29, 0.717) is 5.56 Å². The quantitative estimate of drug-likeness (QED) is 0.606. The number of benzene rings is 1. The highest BCUT2D eigenvalue weighted by atomic mass is 16.2. The van der Waals surface area contributed by atoms with Crippen LogP contribution in [0.15, 0.2) is 36.5 Å². The van der Waals surface area contributed by atoms with E-state index in [4.69, 9.17) is 4.98 Å². The van der Waals surface area contributed by atoms with Crippen molar-refractivity contribution in [3.05, 3.63) is 47.7 Å². The van der Waals surface area contributed by atoms with Crippen LogP contribution in [-0.2, 0) is 6.54 Å². The number of hydrogen-bond acceptors (Lipinski definition) is 5. The molecule has 0 unspecified atom stereocenters. The van der Waals surface area contributed by atoms with Gasteiger partial charge in [0.15, 0.2) is 5.65 Å². The fourth-order valence-corrected chi connectivity index (χ4v) is 3.93. The van der Waals surface area contributed by atoms with Crippen LogP contribution in [0, 0.1) is 0 Å². The maximum atomic E-state index is 13.2. The zero-order valence-electron chi connectivity index (χ0n) is 18.9. The van der Waals surface area contributed by atoms with Crippen molar-refractivity contribution in [2.75, 3.05) is 40.3 Å². The molecule has 0 saturated carbocycles. The number of likely N-dealkylation sites (tertiary alicyclic amines) is 1. The summed E-state index contributed by atoms with van der Waals surface area (Å²) in [6.07, 6.45) is 2.85. The van der Waals surface area contributed by atoms with Crippen molar-refractivity contribution in [2.24, 2.45) is 0 Å². The van der Waals surface area contributed by atoms with E-state index in [1.54, 1.807) is 6.20 Å². The van der Waals surface area contributed by atoms with Gasteiger partial charge >= 0.3 is 0 Å². The van der Waals surface area contributed by atoms with Gasteiger partial charge in [-0.15, -0.1) is 0 Å². The van der Waals surface area contributed by atoms with Gasteiger partial charge in [0.2, 0.25) is 0 Å². The van der Waals surface area contributed by atoms with Crippen molar-refractivity contribution in [1.29, 1.82) is 0 Å². The highest BCUT2D eigenvalue weighted by molar-refractivity contribution is 6.06. The van der Waals surface area contributed by atoms with Gasteiger partial charge in [-0.2, -0.15) is 5.10 Å². The number of aromatic nitrogens is 3. The van der Waals surface area contributed by atoms with Crippen molar-refractivity contribution in [3.8, 4) is 11.3 Å². The van der Waals surface area contributed by atoms with Gasteiger partial charge in [0, 0.05) is 44.3 Å². The van der Waals surface area contributed by atoms with Gasteiger partial charge in [0.05, 0.1) is 22.8 Å². The smallest absolute Gasteiger partial charge is 0.254 e. The lowest BCUT2D eigenvalue weighted by Gasteiger charge is -2.31. The lowest BCUT2D eigenvalue weighted by atomic mass is 10.0. The van der Waals surface area contributed by atoms with Crippen LogP contribution in [0.2, 0.25) is 0 Å². The fourth-order valence-electron chi connectivity index (χ4n) is 3.93. The predicted octanol–water partition coefficient (Wildman–Crippen LogP) is 3.18. The first-order chi connectivity index (χ1) is 15.0. The predicted molar refractivity (Wildman–Crippen MR) is 124 cm³/mol. The molecule has 1 aliphatic rings. The average Bonchev–Trinajstić information content (AvgIpc) is 3.14. The number of nitrogens with one attached hydrogen (secondary N) is 1. The Morgan fingerprint density at radius 1 is 1.26 bits per heavy atom. The number of hydrogen-bond donors (Lipinski definition) is 1. The number of carbonyl (C=O) groups excluding carboxylic acids is 1. The van der Waals surface area contributed by atoms with Crippen LogP contribution in [0.4, 0.5) is 0 Å². The van der Waals surface area contributed by atoms with E-state index < -0.39 is 0 Å². The van der Waals surface area contributed by atoms with Crippen molar-refractivity contribution in [2.45, 2.75) is 32.9 Å². The summed E-state index contributed by atoms with van der Waals surface area (Å²) in [6, 6.07) is 10.6. The minimum atomic E-state index is 0.0751. The first-order valence-electron chi connectivity index (χ1n) is 11.1. The van der Waals surface area contributed by atoms with Crippen LogP contribution in [0.1, 0.15) is 42.2 Å². The maximum Gasteiger partial charge on any atom is 0.254 e. The Hall–Kier alpha value is -2.77. The maximum absolute atomic E-state index is 13.2. The van der Waals surface area contributed by atoms with Crippen LogP contribution in [-0.4, -0.2) is 70.7 Å². The van der Waals surface area contributed by atoms with Gasteiger partial charge in [0.25, 0.3) is 5.91 Å². The van der Waals surface area contributed by atoms with Crippen molar-refractivity contribution >= 4 is 16.9 Å². The molecular formula is C24H32N6O. The van der Waals surface area contributed by atoms with Gasteiger partial charge in [-0.25, -0.2) is 9.67 Å². The van der Waals surface area contributed by atoms with Gasteiger partial charge in [0.1, 0.15) is 0 Å². The Morgan fingerprint density at radius 3 is 2.74 bits per heavy atom. The number of rotatable bonds is 8. The molecule has 0 spiro atoms. The van der Waals surface area contributed by atoms with Gasteiger partial charge in [-0.1, -0.05) is 18.2 Å². The van der Waals surface area contributed by atoms with Gasteiger partial charge in [-0.3, -0.25) is 4.79 Å². The van der Waals surface area contributed by atoms with Crippen LogP contribution in [0.5, 0.6) is 0 Å². The molecule has 0 bridgehead atoms. The summed E-state index contributed by atoms with van der Waals surface area (Å²) < 4.78 is 1.90. The topological polar surface area (TPSA) is 66.3 Å². The SMILES string of the molecule is CNCCN(C)Cc1cccc(-c2cc(C(=O)N3CCC3)c3cnn(C(C)C)c3n2)c1. The summed E-state index contributed by atoms with van der Waals surface area (Å²) in [5, 5.41) is 8.55. The Labute approximate surface area is 184 Å². The van der Waals surface area contributed by atoms with E-state index in [0.717, 1.165) is 61.4 Å². The molecule has 0 radical (unpaired) electrons. The molecule has 1 N–H and O–H groups in total. The van der Waals surface area contributed by atoms with E-state index in [1.165, 1.54) is 5.56 Å². The standard InChI is InChI=1S/C24H32N6O/c1-17(2)30-23-21(15-26-30)20(24(31)29-10-6-11-29)14-22(27-23)19-8-5-7-18(13-19)16-28(4)12-9-25-3/h5,7-8,13-15,17,25H,6,9-12,16H2,1-4H3. The molecule has 1 saturated heterocycles. The molecule has 2 aromatic heterocycles. The summed E-state index contributed by atoms with van der Waals surface area (Å²) in [5.41, 5.74) is 4.54. The van der Waals surface area contributed by atoms with Crippen LogP contribution < -0.4 is 5.32 Å².